The van der Waals surface area contributed by atoms with Gasteiger partial charge in [0, 0.05) is 38.1 Å². The number of hydrogen-bond donors (Lipinski definition) is 2. The van der Waals surface area contributed by atoms with Crippen LogP contribution in [0.4, 0.5) is 0 Å². The van der Waals surface area contributed by atoms with Crippen molar-refractivity contribution >= 4 is 5.96 Å². The van der Waals surface area contributed by atoms with Crippen molar-refractivity contribution in [1.29, 1.82) is 0 Å². The van der Waals surface area contributed by atoms with Gasteiger partial charge in [0.1, 0.15) is 0 Å². The SMILES string of the molecule is CCOCCCNC(N)=NCc1cnn(C)c1C. The Kier molecular flexibility index (Phi) is 6.21. The summed E-state index contributed by atoms with van der Waals surface area (Å²) in [4.78, 5) is 4.28. The van der Waals surface area contributed by atoms with E-state index in [1.54, 1.807) is 0 Å². The van der Waals surface area contributed by atoms with Crippen molar-refractivity contribution in [3.63, 3.8) is 0 Å². The van der Waals surface area contributed by atoms with E-state index in [0.29, 0.717) is 12.5 Å². The van der Waals surface area contributed by atoms with Crippen LogP contribution < -0.4 is 11.1 Å². The zero-order chi connectivity index (χ0) is 13.4. The molecule has 1 aromatic rings. The Morgan fingerprint density at radius 2 is 2.39 bits per heavy atom. The predicted molar refractivity (Wildman–Crippen MR) is 72.4 cm³/mol. The summed E-state index contributed by atoms with van der Waals surface area (Å²) in [7, 11) is 1.91. The summed E-state index contributed by atoms with van der Waals surface area (Å²) in [5, 5.41) is 7.22. The van der Waals surface area contributed by atoms with Gasteiger partial charge >= 0.3 is 0 Å². The van der Waals surface area contributed by atoms with Crippen LogP contribution in [0.1, 0.15) is 24.6 Å². The molecule has 0 saturated heterocycles. The molecule has 1 rings (SSSR count). The quantitative estimate of drug-likeness (QED) is 0.423. The van der Waals surface area contributed by atoms with Gasteiger partial charge in [0.05, 0.1) is 12.7 Å². The van der Waals surface area contributed by atoms with Crippen molar-refractivity contribution in [2.24, 2.45) is 17.8 Å². The largest absolute Gasteiger partial charge is 0.382 e. The van der Waals surface area contributed by atoms with Gasteiger partial charge in [-0.3, -0.25) is 4.68 Å². The first kappa shape index (κ1) is 14.5. The summed E-state index contributed by atoms with van der Waals surface area (Å²) >= 11 is 0. The van der Waals surface area contributed by atoms with Gasteiger partial charge in [-0.1, -0.05) is 0 Å². The number of aryl methyl sites for hydroxylation is 1. The molecule has 1 aromatic heterocycles. The maximum atomic E-state index is 5.76. The summed E-state index contributed by atoms with van der Waals surface area (Å²) in [6.45, 7) is 6.84. The Morgan fingerprint density at radius 1 is 1.61 bits per heavy atom. The van der Waals surface area contributed by atoms with Gasteiger partial charge in [0.15, 0.2) is 5.96 Å². The van der Waals surface area contributed by atoms with Crippen LogP contribution in [0.25, 0.3) is 0 Å². The summed E-state index contributed by atoms with van der Waals surface area (Å²) in [5.41, 5.74) is 7.97. The molecule has 0 aromatic carbocycles. The zero-order valence-electron chi connectivity index (χ0n) is 11.4. The first-order chi connectivity index (χ1) is 8.65. The van der Waals surface area contributed by atoms with Crippen molar-refractivity contribution < 1.29 is 4.74 Å². The highest BCUT2D eigenvalue weighted by molar-refractivity contribution is 5.77. The molecule has 0 radical (unpaired) electrons. The summed E-state index contributed by atoms with van der Waals surface area (Å²) in [5.74, 6) is 0.467. The monoisotopic (exact) mass is 253 g/mol. The molecule has 0 fully saturated rings. The highest BCUT2D eigenvalue weighted by atomic mass is 16.5. The Labute approximate surface area is 108 Å². The molecule has 0 unspecified atom stereocenters. The Balaban J connectivity index is 2.27. The third-order valence-electron chi connectivity index (χ3n) is 2.73. The first-order valence-corrected chi connectivity index (χ1v) is 6.24. The molecule has 0 amide bonds. The van der Waals surface area contributed by atoms with Crippen LogP contribution in [-0.2, 0) is 18.3 Å². The lowest BCUT2D eigenvalue weighted by molar-refractivity contribution is 0.145. The molecule has 6 heteroatoms. The van der Waals surface area contributed by atoms with E-state index in [2.05, 4.69) is 15.4 Å². The van der Waals surface area contributed by atoms with Crippen LogP contribution in [-0.4, -0.2) is 35.5 Å². The molecule has 0 bridgehead atoms. The predicted octanol–water partition coefficient (Wildman–Crippen LogP) is 0.559. The maximum absolute atomic E-state index is 5.76. The average molecular weight is 253 g/mol. The fourth-order valence-corrected chi connectivity index (χ4v) is 1.46. The van der Waals surface area contributed by atoms with E-state index in [9.17, 15) is 0 Å². The van der Waals surface area contributed by atoms with Crippen molar-refractivity contribution in [2.75, 3.05) is 19.8 Å². The van der Waals surface area contributed by atoms with E-state index >= 15 is 0 Å². The molecule has 0 aliphatic heterocycles. The van der Waals surface area contributed by atoms with E-state index < -0.39 is 0 Å². The number of rotatable bonds is 7. The Morgan fingerprint density at radius 3 is 3.00 bits per heavy atom. The van der Waals surface area contributed by atoms with E-state index in [1.807, 2.05) is 31.8 Å². The third-order valence-corrected chi connectivity index (χ3v) is 2.73. The van der Waals surface area contributed by atoms with Gasteiger partial charge in [-0.2, -0.15) is 5.10 Å². The van der Waals surface area contributed by atoms with Crippen LogP contribution in [0, 0.1) is 6.92 Å². The maximum Gasteiger partial charge on any atom is 0.188 e. The third kappa shape index (κ3) is 4.75. The highest BCUT2D eigenvalue weighted by Crippen LogP contribution is 2.06. The minimum atomic E-state index is 0.467. The Bertz CT molecular complexity index is 386. The van der Waals surface area contributed by atoms with Gasteiger partial charge in [-0.15, -0.1) is 0 Å². The highest BCUT2D eigenvalue weighted by Gasteiger charge is 2.02. The van der Waals surface area contributed by atoms with Crippen LogP contribution in [0.3, 0.4) is 0 Å². The number of nitrogens with two attached hydrogens (primary N) is 1. The molecule has 0 atom stereocenters. The standard InChI is InChI=1S/C12H23N5O/c1-4-18-7-5-6-14-12(13)15-8-11-9-16-17(3)10(11)2/h9H,4-8H2,1-3H3,(H3,13,14,15). The Hall–Kier alpha value is -1.56. The molecule has 6 nitrogen and oxygen atoms in total. The molecule has 18 heavy (non-hydrogen) atoms. The van der Waals surface area contributed by atoms with E-state index in [0.717, 1.165) is 37.4 Å². The van der Waals surface area contributed by atoms with Gasteiger partial charge < -0.3 is 15.8 Å². The lowest BCUT2D eigenvalue weighted by atomic mass is 10.3. The van der Waals surface area contributed by atoms with Crippen molar-refractivity contribution in [1.82, 2.24) is 15.1 Å². The lowest BCUT2D eigenvalue weighted by Gasteiger charge is -2.05. The molecule has 0 aliphatic rings. The van der Waals surface area contributed by atoms with E-state index in [-0.39, 0.29) is 0 Å². The van der Waals surface area contributed by atoms with Gasteiger partial charge in [0.25, 0.3) is 0 Å². The fraction of sp³-hybridized carbons (Fsp3) is 0.667. The number of nitrogens with zero attached hydrogens (tertiary/aromatic N) is 3. The number of ether oxygens (including phenoxy) is 1. The van der Waals surface area contributed by atoms with Crippen molar-refractivity contribution in [3.05, 3.63) is 17.5 Å². The fourth-order valence-electron chi connectivity index (χ4n) is 1.46. The average Bonchev–Trinajstić information content (AvgIpc) is 2.67. The smallest absolute Gasteiger partial charge is 0.188 e. The van der Waals surface area contributed by atoms with Crippen LogP contribution >= 0.6 is 0 Å². The van der Waals surface area contributed by atoms with E-state index in [4.69, 9.17) is 10.5 Å². The van der Waals surface area contributed by atoms with Gasteiger partial charge in [-0.25, -0.2) is 4.99 Å². The summed E-state index contributed by atoms with van der Waals surface area (Å²) in [6.07, 6.45) is 2.75. The second kappa shape index (κ2) is 7.71. The lowest BCUT2D eigenvalue weighted by Crippen LogP contribution is -2.32. The summed E-state index contributed by atoms with van der Waals surface area (Å²) < 4.78 is 7.06. The molecule has 3 N–H and O–H groups in total. The number of guanidine groups is 1. The molecule has 0 spiro atoms. The number of hydrogen-bond acceptors (Lipinski definition) is 3. The number of aromatic nitrogens is 2. The molecule has 0 saturated carbocycles. The van der Waals surface area contributed by atoms with Crippen molar-refractivity contribution in [2.45, 2.75) is 26.8 Å². The minimum absolute atomic E-state index is 0.467. The summed E-state index contributed by atoms with van der Waals surface area (Å²) in [6, 6.07) is 0. The zero-order valence-corrected chi connectivity index (χ0v) is 11.4. The van der Waals surface area contributed by atoms with Crippen LogP contribution in [0.15, 0.2) is 11.2 Å². The van der Waals surface area contributed by atoms with E-state index in [1.165, 1.54) is 0 Å². The number of aliphatic imine (C=N–C) groups is 1. The normalized spacial score (nSPS) is 11.8. The topological polar surface area (TPSA) is 77.5 Å². The molecule has 102 valence electrons. The second-order valence-corrected chi connectivity index (χ2v) is 4.06. The van der Waals surface area contributed by atoms with Crippen LogP contribution in [0.5, 0.6) is 0 Å². The van der Waals surface area contributed by atoms with Crippen molar-refractivity contribution in [3.8, 4) is 0 Å². The minimum Gasteiger partial charge on any atom is -0.382 e. The van der Waals surface area contributed by atoms with Gasteiger partial charge in [-0.05, 0) is 20.3 Å². The second-order valence-electron chi connectivity index (χ2n) is 4.06. The molecule has 0 aliphatic carbocycles. The first-order valence-electron chi connectivity index (χ1n) is 6.24. The molecule has 1 heterocycles. The molecular formula is C12H23N5O. The molecular weight excluding hydrogens is 230 g/mol. The number of nitrogens with one attached hydrogen (secondary N) is 1. The van der Waals surface area contributed by atoms with Crippen LogP contribution in [0.2, 0.25) is 0 Å². The van der Waals surface area contributed by atoms with Gasteiger partial charge in [0.2, 0.25) is 0 Å².